The van der Waals surface area contributed by atoms with E-state index in [0.29, 0.717) is 16.2 Å². The molecule has 3 aliphatic carbocycles. The van der Waals surface area contributed by atoms with Crippen molar-refractivity contribution < 1.29 is 0 Å². The van der Waals surface area contributed by atoms with E-state index >= 15 is 0 Å². The summed E-state index contributed by atoms with van der Waals surface area (Å²) in [5.74, 6) is 3.65. The minimum Gasteiger partial charge on any atom is -0.0651 e. The van der Waals surface area contributed by atoms with Crippen molar-refractivity contribution in [3.63, 3.8) is 0 Å². The normalized spacial score (nSPS) is 48.6. The van der Waals surface area contributed by atoms with Crippen LogP contribution in [0.3, 0.4) is 0 Å². The number of hydrogen-bond acceptors (Lipinski definition) is 0. The molecule has 0 aliphatic heterocycles. The molecule has 2 bridgehead atoms. The van der Waals surface area contributed by atoms with Crippen LogP contribution < -0.4 is 0 Å². The first-order valence-corrected chi connectivity index (χ1v) is 8.57. The van der Waals surface area contributed by atoms with Crippen LogP contribution in [0.5, 0.6) is 0 Å². The molecule has 0 amide bonds. The predicted octanol–water partition coefficient (Wildman–Crippen LogP) is 6.16. The van der Waals surface area contributed by atoms with Crippen LogP contribution in [0.1, 0.15) is 81.1 Å². The molecule has 0 saturated heterocycles. The largest absolute Gasteiger partial charge is 0.0651 e. The van der Waals surface area contributed by atoms with E-state index in [1.807, 2.05) is 0 Å². The molecule has 3 saturated carbocycles. The summed E-state index contributed by atoms with van der Waals surface area (Å²) in [4.78, 5) is 0. The number of rotatable bonds is 1. The zero-order valence-corrected chi connectivity index (χ0v) is 14.6. The van der Waals surface area contributed by atoms with Crippen molar-refractivity contribution in [1.29, 1.82) is 0 Å². The lowest BCUT2D eigenvalue weighted by Crippen LogP contribution is -2.58. The zero-order valence-electron chi connectivity index (χ0n) is 14.6. The van der Waals surface area contributed by atoms with Gasteiger partial charge in [0, 0.05) is 0 Å². The van der Waals surface area contributed by atoms with Crippen LogP contribution in [0.4, 0.5) is 0 Å². The highest BCUT2D eigenvalue weighted by atomic mass is 14.6. The second-order valence-electron chi connectivity index (χ2n) is 9.29. The van der Waals surface area contributed by atoms with Gasteiger partial charge in [-0.2, -0.15) is 0 Å². The molecule has 19 heavy (non-hydrogen) atoms. The molecular weight excluding hydrogens is 228 g/mol. The average Bonchev–Trinajstić information content (AvgIpc) is 2.29. The molecule has 0 spiro atoms. The average molecular weight is 264 g/mol. The van der Waals surface area contributed by atoms with Crippen molar-refractivity contribution in [3.8, 4) is 0 Å². The van der Waals surface area contributed by atoms with Crippen LogP contribution >= 0.6 is 0 Å². The molecule has 112 valence electrons. The monoisotopic (exact) mass is 264 g/mol. The number of fused-ring (bicyclic) bond motifs is 5. The SMILES string of the molecule is CCC1CC2C(C)CC(C)(C(C)(C)C1)C(C)(C)C2C. The molecule has 3 fully saturated rings. The van der Waals surface area contributed by atoms with Crippen LogP contribution in [0, 0.1) is 39.9 Å². The summed E-state index contributed by atoms with van der Waals surface area (Å²) < 4.78 is 0. The van der Waals surface area contributed by atoms with Gasteiger partial charge in [-0.25, -0.2) is 0 Å². The third kappa shape index (κ3) is 2.00. The fraction of sp³-hybridized carbons (Fsp3) is 1.00. The topological polar surface area (TPSA) is 0 Å². The summed E-state index contributed by atoms with van der Waals surface area (Å²) in [6.45, 7) is 20.3. The summed E-state index contributed by atoms with van der Waals surface area (Å²) in [7, 11) is 0. The van der Waals surface area contributed by atoms with Crippen molar-refractivity contribution in [2.45, 2.75) is 81.1 Å². The Bertz CT molecular complexity index is 338. The fourth-order valence-electron chi connectivity index (χ4n) is 5.90. The summed E-state index contributed by atoms with van der Waals surface area (Å²) in [5, 5.41) is 0. The molecule has 0 radical (unpaired) electrons. The first-order chi connectivity index (χ1) is 8.57. The van der Waals surface area contributed by atoms with Crippen molar-refractivity contribution in [1.82, 2.24) is 0 Å². The summed E-state index contributed by atoms with van der Waals surface area (Å²) >= 11 is 0. The van der Waals surface area contributed by atoms with Crippen LogP contribution in [-0.4, -0.2) is 0 Å². The maximum Gasteiger partial charge on any atom is -0.0218 e. The highest BCUT2D eigenvalue weighted by Gasteiger charge is 2.60. The summed E-state index contributed by atoms with van der Waals surface area (Å²) in [5.41, 5.74) is 1.40. The van der Waals surface area contributed by atoms with E-state index in [2.05, 4.69) is 55.4 Å². The third-order valence-corrected chi connectivity index (χ3v) is 8.14. The van der Waals surface area contributed by atoms with Gasteiger partial charge in [-0.3, -0.25) is 0 Å². The van der Waals surface area contributed by atoms with E-state index in [1.54, 1.807) is 0 Å². The van der Waals surface area contributed by atoms with Gasteiger partial charge in [0.2, 0.25) is 0 Å². The van der Waals surface area contributed by atoms with E-state index in [0.717, 1.165) is 23.7 Å². The van der Waals surface area contributed by atoms with Gasteiger partial charge < -0.3 is 0 Å². The Labute approximate surface area is 121 Å². The Balaban J connectivity index is 2.52. The van der Waals surface area contributed by atoms with Gasteiger partial charge in [-0.1, -0.05) is 61.8 Å². The quantitative estimate of drug-likeness (QED) is 0.532. The van der Waals surface area contributed by atoms with Gasteiger partial charge in [-0.15, -0.1) is 0 Å². The molecule has 3 aliphatic rings. The lowest BCUT2D eigenvalue weighted by atomic mass is 9.39. The molecule has 0 nitrogen and oxygen atoms in total. The maximum absolute atomic E-state index is 2.61. The van der Waals surface area contributed by atoms with E-state index in [4.69, 9.17) is 0 Å². The van der Waals surface area contributed by atoms with Crippen LogP contribution in [0.25, 0.3) is 0 Å². The molecular formula is C19H36. The van der Waals surface area contributed by atoms with E-state index in [1.165, 1.54) is 25.7 Å². The van der Waals surface area contributed by atoms with Crippen LogP contribution in [0.15, 0.2) is 0 Å². The molecule has 0 aromatic heterocycles. The second kappa shape index (κ2) is 4.50. The van der Waals surface area contributed by atoms with Gasteiger partial charge >= 0.3 is 0 Å². The molecule has 0 N–H and O–H groups in total. The van der Waals surface area contributed by atoms with Crippen molar-refractivity contribution in [2.75, 3.05) is 0 Å². The Kier molecular flexibility index (Phi) is 3.64. The molecule has 0 heteroatoms. The molecule has 3 rings (SSSR count). The molecule has 5 atom stereocenters. The van der Waals surface area contributed by atoms with E-state index < -0.39 is 0 Å². The van der Waals surface area contributed by atoms with E-state index in [-0.39, 0.29) is 0 Å². The van der Waals surface area contributed by atoms with Gasteiger partial charge in [-0.05, 0) is 59.2 Å². The Morgan fingerprint density at radius 2 is 1.53 bits per heavy atom. The Morgan fingerprint density at radius 3 is 2.05 bits per heavy atom. The lowest BCUT2D eigenvalue weighted by molar-refractivity contribution is -0.170. The van der Waals surface area contributed by atoms with Gasteiger partial charge in [0.15, 0.2) is 0 Å². The van der Waals surface area contributed by atoms with Crippen molar-refractivity contribution in [2.24, 2.45) is 39.9 Å². The van der Waals surface area contributed by atoms with Gasteiger partial charge in [0.25, 0.3) is 0 Å². The van der Waals surface area contributed by atoms with Crippen molar-refractivity contribution in [3.05, 3.63) is 0 Å². The first-order valence-electron chi connectivity index (χ1n) is 8.57. The third-order valence-electron chi connectivity index (χ3n) is 8.14. The Morgan fingerprint density at radius 1 is 0.947 bits per heavy atom. The minimum atomic E-state index is 0.463. The number of hydrogen-bond donors (Lipinski definition) is 0. The summed E-state index contributed by atoms with van der Waals surface area (Å²) in [6, 6.07) is 0. The predicted molar refractivity (Wildman–Crippen MR) is 85.1 cm³/mol. The zero-order chi connectivity index (χ0) is 14.6. The lowest BCUT2D eigenvalue weighted by Gasteiger charge is -2.66. The molecule has 0 aromatic rings. The minimum absolute atomic E-state index is 0.463. The van der Waals surface area contributed by atoms with Crippen molar-refractivity contribution >= 4 is 0 Å². The molecule has 5 unspecified atom stereocenters. The molecule has 0 aromatic carbocycles. The highest BCUT2D eigenvalue weighted by Crippen LogP contribution is 2.68. The highest BCUT2D eigenvalue weighted by molar-refractivity contribution is 5.09. The maximum atomic E-state index is 2.61. The summed E-state index contributed by atoms with van der Waals surface area (Å²) in [6.07, 6.45) is 5.70. The Hall–Kier alpha value is 0. The smallest absolute Gasteiger partial charge is 0.0218 e. The standard InChI is InChI=1S/C19H36/c1-9-15-10-16-13(2)11-19(8,17(4,5)12-15)18(6,7)14(16)3/h13-16H,9-12H2,1-8H3. The van der Waals surface area contributed by atoms with Gasteiger partial charge in [0.1, 0.15) is 0 Å². The van der Waals surface area contributed by atoms with Gasteiger partial charge in [0.05, 0.1) is 0 Å². The van der Waals surface area contributed by atoms with Crippen LogP contribution in [-0.2, 0) is 0 Å². The molecule has 0 heterocycles. The van der Waals surface area contributed by atoms with Crippen LogP contribution in [0.2, 0.25) is 0 Å². The second-order valence-corrected chi connectivity index (χ2v) is 9.29. The fourth-order valence-corrected chi connectivity index (χ4v) is 5.90. The first kappa shape index (κ1) is 15.4. The van der Waals surface area contributed by atoms with E-state index in [9.17, 15) is 0 Å².